The van der Waals surface area contributed by atoms with Crippen molar-refractivity contribution in [3.63, 3.8) is 0 Å². The molecular weight excluding hydrogens is 154 g/mol. The zero-order valence-electron chi connectivity index (χ0n) is 5.50. The number of halogens is 1. The molecule has 1 aliphatic rings. The Hall–Kier alpha value is -0.700. The molecule has 0 spiro atoms. The fourth-order valence-corrected chi connectivity index (χ4v) is 1.03. The zero-order chi connectivity index (χ0) is 7.56. The molecule has 10 heavy (non-hydrogen) atoms. The lowest BCUT2D eigenvalue weighted by Gasteiger charge is -2.10. The van der Waals surface area contributed by atoms with Gasteiger partial charge in [-0.1, -0.05) is 0 Å². The van der Waals surface area contributed by atoms with E-state index in [2.05, 4.69) is 10.1 Å². The van der Waals surface area contributed by atoms with Crippen LogP contribution in [0.3, 0.4) is 0 Å². The standard InChI is InChI=1S/C6H8ClNO2/c1-10-6(9)5-4(7)2-3-8-5/h2-5,8H,1H3. The van der Waals surface area contributed by atoms with Gasteiger partial charge >= 0.3 is 5.97 Å². The summed E-state index contributed by atoms with van der Waals surface area (Å²) in [5.41, 5.74) is 0. The van der Waals surface area contributed by atoms with Crippen molar-refractivity contribution in [2.75, 3.05) is 7.11 Å². The van der Waals surface area contributed by atoms with E-state index >= 15 is 0 Å². The third-order valence-electron chi connectivity index (χ3n) is 1.33. The maximum absolute atomic E-state index is 10.8. The smallest absolute Gasteiger partial charge is 0.330 e. The van der Waals surface area contributed by atoms with Crippen LogP contribution in [0.15, 0.2) is 12.3 Å². The van der Waals surface area contributed by atoms with Crippen molar-refractivity contribution in [2.24, 2.45) is 0 Å². The monoisotopic (exact) mass is 161 g/mol. The van der Waals surface area contributed by atoms with Crippen LogP contribution in [-0.4, -0.2) is 24.5 Å². The molecule has 0 amide bonds. The number of carbonyl (C=O) groups excluding carboxylic acids is 1. The Bertz CT molecular complexity index is 169. The molecule has 3 nitrogen and oxygen atoms in total. The van der Waals surface area contributed by atoms with E-state index in [4.69, 9.17) is 11.6 Å². The molecule has 0 saturated carbocycles. The van der Waals surface area contributed by atoms with E-state index in [1.165, 1.54) is 7.11 Å². The summed E-state index contributed by atoms with van der Waals surface area (Å²) in [6.45, 7) is 0. The molecule has 0 fully saturated rings. The normalized spacial score (nSPS) is 29.8. The summed E-state index contributed by atoms with van der Waals surface area (Å²) < 4.78 is 4.48. The first-order valence-electron chi connectivity index (χ1n) is 2.90. The number of esters is 1. The van der Waals surface area contributed by atoms with Gasteiger partial charge in [0.2, 0.25) is 0 Å². The molecule has 4 heteroatoms. The van der Waals surface area contributed by atoms with E-state index in [-0.39, 0.29) is 11.3 Å². The molecule has 0 aromatic heterocycles. The fourth-order valence-electron chi connectivity index (χ4n) is 0.779. The van der Waals surface area contributed by atoms with Gasteiger partial charge in [-0.05, 0) is 12.3 Å². The molecule has 1 N–H and O–H groups in total. The second-order valence-corrected chi connectivity index (χ2v) is 2.47. The first kappa shape index (κ1) is 7.41. The van der Waals surface area contributed by atoms with Crippen LogP contribution < -0.4 is 5.32 Å². The minimum absolute atomic E-state index is 0.285. The summed E-state index contributed by atoms with van der Waals surface area (Å²) >= 11 is 5.70. The highest BCUT2D eigenvalue weighted by atomic mass is 35.5. The summed E-state index contributed by atoms with van der Waals surface area (Å²) in [6.07, 6.45) is 3.36. The quantitative estimate of drug-likeness (QED) is 0.443. The molecule has 0 aromatic carbocycles. The molecule has 1 heterocycles. The third kappa shape index (κ3) is 1.24. The number of nitrogens with one attached hydrogen (secondary N) is 1. The van der Waals surface area contributed by atoms with Gasteiger partial charge in [-0.15, -0.1) is 11.6 Å². The summed E-state index contributed by atoms with van der Waals surface area (Å²) in [6, 6.07) is -0.410. The lowest BCUT2D eigenvalue weighted by Crippen LogP contribution is -2.36. The zero-order valence-corrected chi connectivity index (χ0v) is 6.26. The van der Waals surface area contributed by atoms with Gasteiger partial charge < -0.3 is 10.1 Å². The third-order valence-corrected chi connectivity index (χ3v) is 1.73. The Morgan fingerprint density at radius 3 is 2.90 bits per heavy atom. The molecule has 0 bridgehead atoms. The van der Waals surface area contributed by atoms with Crippen molar-refractivity contribution < 1.29 is 9.53 Å². The van der Waals surface area contributed by atoms with E-state index < -0.39 is 6.04 Å². The van der Waals surface area contributed by atoms with Gasteiger partial charge in [0, 0.05) is 0 Å². The predicted molar refractivity (Wildman–Crippen MR) is 37.7 cm³/mol. The van der Waals surface area contributed by atoms with Crippen molar-refractivity contribution in [3.05, 3.63) is 12.3 Å². The van der Waals surface area contributed by atoms with E-state index in [1.807, 2.05) is 0 Å². The molecule has 1 aliphatic heterocycles. The molecule has 56 valence electrons. The molecule has 2 atom stereocenters. The number of alkyl halides is 1. The summed E-state index contributed by atoms with van der Waals surface area (Å²) in [7, 11) is 1.34. The Morgan fingerprint density at radius 2 is 2.50 bits per heavy atom. The van der Waals surface area contributed by atoms with Crippen LogP contribution in [-0.2, 0) is 9.53 Å². The highest BCUT2D eigenvalue weighted by Crippen LogP contribution is 2.11. The van der Waals surface area contributed by atoms with Crippen molar-refractivity contribution in [2.45, 2.75) is 11.4 Å². The van der Waals surface area contributed by atoms with Crippen LogP contribution in [0, 0.1) is 0 Å². The first-order chi connectivity index (χ1) is 4.75. The molecule has 2 unspecified atom stereocenters. The maximum Gasteiger partial charge on any atom is 0.330 e. The predicted octanol–water partition coefficient (Wildman–Crippen LogP) is 0.252. The Morgan fingerprint density at radius 1 is 1.80 bits per heavy atom. The average Bonchev–Trinajstić information content (AvgIpc) is 2.34. The summed E-state index contributed by atoms with van der Waals surface area (Å²) in [4.78, 5) is 10.8. The molecule has 0 aromatic rings. The number of hydrogen-bond acceptors (Lipinski definition) is 3. The van der Waals surface area contributed by atoms with Gasteiger partial charge in [0.25, 0.3) is 0 Å². The van der Waals surface area contributed by atoms with Gasteiger partial charge in [-0.25, -0.2) is 4.79 Å². The summed E-state index contributed by atoms with van der Waals surface area (Å²) in [5.74, 6) is -0.329. The molecule has 0 saturated heterocycles. The first-order valence-corrected chi connectivity index (χ1v) is 3.34. The van der Waals surface area contributed by atoms with Crippen LogP contribution in [0.1, 0.15) is 0 Å². The highest BCUT2D eigenvalue weighted by Gasteiger charge is 2.27. The SMILES string of the molecule is COC(=O)C1NC=CC1Cl. The van der Waals surface area contributed by atoms with Gasteiger partial charge in [-0.3, -0.25) is 0 Å². The van der Waals surface area contributed by atoms with E-state index in [0.717, 1.165) is 0 Å². The largest absolute Gasteiger partial charge is 0.467 e. The highest BCUT2D eigenvalue weighted by molar-refractivity contribution is 6.24. The van der Waals surface area contributed by atoms with Crippen LogP contribution in [0.25, 0.3) is 0 Å². The maximum atomic E-state index is 10.8. The van der Waals surface area contributed by atoms with Crippen LogP contribution >= 0.6 is 11.6 Å². The van der Waals surface area contributed by atoms with E-state index in [0.29, 0.717) is 0 Å². The minimum atomic E-state index is -0.410. The molecular formula is C6H8ClNO2. The van der Waals surface area contributed by atoms with Crippen molar-refractivity contribution >= 4 is 17.6 Å². The number of rotatable bonds is 1. The lowest BCUT2D eigenvalue weighted by atomic mass is 10.2. The number of carbonyl (C=O) groups is 1. The average molecular weight is 162 g/mol. The van der Waals surface area contributed by atoms with Gasteiger partial charge in [0.05, 0.1) is 12.5 Å². The lowest BCUT2D eigenvalue weighted by molar-refractivity contribution is -0.142. The number of hydrogen-bond donors (Lipinski definition) is 1. The number of ether oxygens (including phenoxy) is 1. The molecule has 1 rings (SSSR count). The van der Waals surface area contributed by atoms with E-state index in [1.54, 1.807) is 12.3 Å². The summed E-state index contributed by atoms with van der Waals surface area (Å²) in [5, 5.41) is 2.49. The van der Waals surface area contributed by atoms with Crippen LogP contribution in [0.4, 0.5) is 0 Å². The second kappa shape index (κ2) is 2.92. The van der Waals surface area contributed by atoms with Crippen molar-refractivity contribution in [3.8, 4) is 0 Å². The minimum Gasteiger partial charge on any atom is -0.467 e. The van der Waals surface area contributed by atoms with Gasteiger partial charge in [0.1, 0.15) is 6.04 Å². The molecule has 0 radical (unpaired) electrons. The Balaban J connectivity index is 2.51. The van der Waals surface area contributed by atoms with Gasteiger partial charge in [0.15, 0.2) is 0 Å². The van der Waals surface area contributed by atoms with Crippen LogP contribution in [0.2, 0.25) is 0 Å². The fraction of sp³-hybridized carbons (Fsp3) is 0.500. The van der Waals surface area contributed by atoms with E-state index in [9.17, 15) is 4.79 Å². The van der Waals surface area contributed by atoms with Gasteiger partial charge in [-0.2, -0.15) is 0 Å². The van der Waals surface area contributed by atoms with Crippen molar-refractivity contribution in [1.29, 1.82) is 0 Å². The van der Waals surface area contributed by atoms with Crippen LogP contribution in [0.5, 0.6) is 0 Å². The Labute approximate surface area is 64.0 Å². The molecule has 0 aliphatic carbocycles. The number of methoxy groups -OCH3 is 1. The van der Waals surface area contributed by atoms with Crippen molar-refractivity contribution in [1.82, 2.24) is 5.32 Å². The topological polar surface area (TPSA) is 38.3 Å². The Kier molecular flexibility index (Phi) is 2.17. The second-order valence-electron chi connectivity index (χ2n) is 1.97.